The maximum absolute atomic E-state index is 12.3. The van der Waals surface area contributed by atoms with Gasteiger partial charge in [-0.3, -0.25) is 4.79 Å². The summed E-state index contributed by atoms with van der Waals surface area (Å²) in [4.78, 5) is 19.0. The number of ketones is 1. The minimum absolute atomic E-state index is 0.0766. The van der Waals surface area contributed by atoms with E-state index in [0.717, 1.165) is 16.9 Å². The average Bonchev–Trinajstić information content (AvgIpc) is 3.06. The number of carbonyl (C=O) groups excluding carboxylic acids is 1. The molecule has 2 aromatic rings. The first-order valence-corrected chi connectivity index (χ1v) is 7.75. The molecule has 0 aromatic heterocycles. The van der Waals surface area contributed by atoms with Crippen molar-refractivity contribution in [2.45, 2.75) is 0 Å². The average molecular weight is 337 g/mol. The van der Waals surface area contributed by atoms with Gasteiger partial charge in [0.1, 0.15) is 6.20 Å². The molecule has 1 aliphatic heterocycles. The van der Waals surface area contributed by atoms with Crippen LogP contribution in [0.25, 0.3) is 6.08 Å². The van der Waals surface area contributed by atoms with Crippen LogP contribution in [0.2, 0.25) is 0 Å². The van der Waals surface area contributed by atoms with E-state index in [0.29, 0.717) is 5.56 Å². The van der Waals surface area contributed by atoms with Gasteiger partial charge in [0.05, 0.1) is 5.69 Å². The minimum atomic E-state index is -0.219. The highest BCUT2D eigenvalue weighted by Gasteiger charge is 2.14. The van der Waals surface area contributed by atoms with E-state index in [2.05, 4.69) is 5.59 Å². The van der Waals surface area contributed by atoms with Gasteiger partial charge in [-0.1, -0.05) is 23.8 Å². The van der Waals surface area contributed by atoms with Crippen LogP contribution < -0.4 is 15.5 Å². The van der Waals surface area contributed by atoms with Crippen molar-refractivity contribution in [1.29, 1.82) is 0 Å². The van der Waals surface area contributed by atoms with Crippen LogP contribution in [0.3, 0.4) is 0 Å². The zero-order valence-corrected chi connectivity index (χ0v) is 14.0. The van der Waals surface area contributed by atoms with Gasteiger partial charge in [-0.15, -0.1) is 0 Å². The molecule has 2 N–H and O–H groups in total. The van der Waals surface area contributed by atoms with Crippen molar-refractivity contribution in [3.63, 3.8) is 0 Å². The number of hydrogen-bond acceptors (Lipinski definition) is 6. The molecule has 0 aliphatic carbocycles. The van der Waals surface area contributed by atoms with E-state index < -0.39 is 0 Å². The van der Waals surface area contributed by atoms with Gasteiger partial charge in [0.15, 0.2) is 5.78 Å². The van der Waals surface area contributed by atoms with Gasteiger partial charge in [0.25, 0.3) is 0 Å². The molecule has 3 rings (SSSR count). The Bertz CT molecular complexity index is 809. The van der Waals surface area contributed by atoms with Crippen LogP contribution in [-0.4, -0.2) is 25.0 Å². The molecular formula is C19H19N3O3. The van der Waals surface area contributed by atoms with E-state index in [9.17, 15) is 9.90 Å². The fourth-order valence-electron chi connectivity index (χ4n) is 2.32. The zero-order chi connectivity index (χ0) is 17.8. The van der Waals surface area contributed by atoms with Crippen LogP contribution in [0.5, 0.6) is 0 Å². The van der Waals surface area contributed by atoms with E-state index in [4.69, 9.17) is 4.84 Å². The third kappa shape index (κ3) is 3.99. The Morgan fingerprint density at radius 3 is 2.36 bits per heavy atom. The van der Waals surface area contributed by atoms with Gasteiger partial charge in [-0.2, -0.15) is 0 Å². The van der Waals surface area contributed by atoms with Crippen molar-refractivity contribution < 1.29 is 14.7 Å². The summed E-state index contributed by atoms with van der Waals surface area (Å²) < 4.78 is 0. The lowest BCUT2D eigenvalue weighted by Crippen LogP contribution is -2.26. The third-order valence-electron chi connectivity index (χ3n) is 3.75. The van der Waals surface area contributed by atoms with Gasteiger partial charge in [0.2, 0.25) is 0 Å². The highest BCUT2D eigenvalue weighted by Crippen LogP contribution is 2.18. The summed E-state index contributed by atoms with van der Waals surface area (Å²) >= 11 is 0. The van der Waals surface area contributed by atoms with Crippen LogP contribution in [0, 0.1) is 0 Å². The molecule has 1 heterocycles. The van der Waals surface area contributed by atoms with E-state index in [1.807, 2.05) is 43.3 Å². The fourth-order valence-corrected chi connectivity index (χ4v) is 2.32. The van der Waals surface area contributed by atoms with Gasteiger partial charge in [0, 0.05) is 25.3 Å². The number of hydrogen-bond donors (Lipinski definition) is 2. The van der Waals surface area contributed by atoms with Gasteiger partial charge in [-0.05, 0) is 48.0 Å². The smallest absolute Gasteiger partial charge is 0.317 e. The highest BCUT2D eigenvalue weighted by atomic mass is 16.8. The monoisotopic (exact) mass is 337 g/mol. The zero-order valence-electron chi connectivity index (χ0n) is 14.0. The Balaban J connectivity index is 1.66. The predicted octanol–water partition coefficient (Wildman–Crippen LogP) is 3.26. The van der Waals surface area contributed by atoms with E-state index in [-0.39, 0.29) is 11.7 Å². The molecule has 6 nitrogen and oxygen atoms in total. The van der Waals surface area contributed by atoms with Crippen LogP contribution >= 0.6 is 0 Å². The first-order chi connectivity index (χ1) is 12.0. The molecule has 0 unspecified atom stereocenters. The lowest BCUT2D eigenvalue weighted by molar-refractivity contribution is 0.0459. The van der Waals surface area contributed by atoms with Crippen molar-refractivity contribution in [3.05, 3.63) is 77.9 Å². The maximum Gasteiger partial charge on any atom is 0.317 e. The molecule has 0 fully saturated rings. The first-order valence-electron chi connectivity index (χ1n) is 7.75. The molecular weight excluding hydrogens is 318 g/mol. The summed E-state index contributed by atoms with van der Waals surface area (Å²) in [6, 6.07) is 14.9. The third-order valence-corrected chi connectivity index (χ3v) is 3.75. The number of hydrazine groups is 1. The highest BCUT2D eigenvalue weighted by molar-refractivity contribution is 6.07. The van der Waals surface area contributed by atoms with E-state index in [1.54, 1.807) is 36.4 Å². The lowest BCUT2D eigenvalue weighted by atomic mass is 10.1. The van der Waals surface area contributed by atoms with Crippen molar-refractivity contribution in [2.75, 3.05) is 24.0 Å². The molecule has 0 amide bonds. The van der Waals surface area contributed by atoms with Crippen molar-refractivity contribution in [3.8, 4) is 0 Å². The lowest BCUT2D eigenvalue weighted by Gasteiger charge is -2.13. The molecule has 0 bridgehead atoms. The van der Waals surface area contributed by atoms with Crippen molar-refractivity contribution in [1.82, 2.24) is 5.59 Å². The summed E-state index contributed by atoms with van der Waals surface area (Å²) in [5.74, 6) is -0.296. The molecule has 0 atom stereocenters. The minimum Gasteiger partial charge on any atom is -0.479 e. The second kappa shape index (κ2) is 7.11. The first kappa shape index (κ1) is 16.6. The maximum atomic E-state index is 12.3. The summed E-state index contributed by atoms with van der Waals surface area (Å²) in [5, 5.41) is 10.7. The van der Waals surface area contributed by atoms with Crippen molar-refractivity contribution in [2.24, 2.45) is 0 Å². The van der Waals surface area contributed by atoms with Gasteiger partial charge < -0.3 is 14.8 Å². The van der Waals surface area contributed by atoms with Crippen LogP contribution in [0.4, 0.5) is 11.4 Å². The molecule has 0 spiro atoms. The molecule has 128 valence electrons. The Labute approximate surface area is 146 Å². The number of anilines is 2. The number of aliphatic hydroxyl groups excluding tert-OH is 1. The summed E-state index contributed by atoms with van der Waals surface area (Å²) in [6.07, 6.45) is 4.75. The molecule has 2 aromatic carbocycles. The second-order valence-electron chi connectivity index (χ2n) is 5.76. The van der Waals surface area contributed by atoms with Gasteiger partial charge in [-0.25, -0.2) is 5.01 Å². The Hall–Kier alpha value is -3.25. The van der Waals surface area contributed by atoms with Gasteiger partial charge >= 0.3 is 5.95 Å². The molecule has 6 heteroatoms. The number of rotatable bonds is 5. The Morgan fingerprint density at radius 1 is 1.12 bits per heavy atom. The quantitative estimate of drug-likeness (QED) is 0.645. The predicted molar refractivity (Wildman–Crippen MR) is 98.0 cm³/mol. The van der Waals surface area contributed by atoms with Crippen LogP contribution in [-0.2, 0) is 4.84 Å². The number of benzene rings is 2. The number of allylic oxidation sites excluding steroid dienone is 1. The summed E-state index contributed by atoms with van der Waals surface area (Å²) in [5.41, 5.74) is 5.92. The van der Waals surface area contributed by atoms with Crippen molar-refractivity contribution >= 4 is 23.2 Å². The number of carbonyl (C=O) groups is 1. The number of nitrogens with one attached hydrogen (secondary N) is 1. The van der Waals surface area contributed by atoms with E-state index >= 15 is 0 Å². The molecule has 0 saturated carbocycles. The number of nitrogens with zero attached hydrogens (tertiary/aromatic N) is 2. The standard InChI is InChI=1S/C19H19N3O3/c1-21(2)16-8-3-14(4-9-16)5-12-18(23)15-6-10-17(11-7-15)22-13-19(24)25-20-22/h3-13,20,24H,1-2H3. The summed E-state index contributed by atoms with van der Waals surface area (Å²) in [7, 11) is 3.97. The molecule has 0 saturated heterocycles. The fraction of sp³-hybridized carbons (Fsp3) is 0.105. The second-order valence-corrected chi connectivity index (χ2v) is 5.76. The van der Waals surface area contributed by atoms with Crippen LogP contribution in [0.15, 0.2) is 66.8 Å². The molecule has 25 heavy (non-hydrogen) atoms. The Kier molecular flexibility index (Phi) is 4.72. The molecule has 0 radical (unpaired) electrons. The number of aliphatic hydroxyl groups is 1. The SMILES string of the molecule is CN(C)c1ccc(C=CC(=O)c2ccc(N3C=C(O)ON3)cc2)cc1. The van der Waals surface area contributed by atoms with E-state index in [1.165, 1.54) is 11.2 Å². The Morgan fingerprint density at radius 2 is 1.80 bits per heavy atom. The topological polar surface area (TPSA) is 65.0 Å². The molecule has 1 aliphatic rings. The summed E-state index contributed by atoms with van der Waals surface area (Å²) in [6.45, 7) is 0. The van der Waals surface area contributed by atoms with Crippen LogP contribution in [0.1, 0.15) is 15.9 Å². The normalized spacial score (nSPS) is 13.7. The largest absolute Gasteiger partial charge is 0.479 e.